The number of piperidine rings is 1. The molecule has 0 saturated carbocycles. The van der Waals surface area contributed by atoms with Crippen molar-refractivity contribution in [2.75, 3.05) is 18.8 Å². The van der Waals surface area contributed by atoms with Crippen molar-refractivity contribution < 1.29 is 34.9 Å². The van der Waals surface area contributed by atoms with Crippen LogP contribution in [0.3, 0.4) is 0 Å². The molecule has 2 aromatic carbocycles. The summed E-state index contributed by atoms with van der Waals surface area (Å²) in [6, 6.07) is 11.7. The quantitative estimate of drug-likeness (QED) is 0.229. The second-order valence-electron chi connectivity index (χ2n) is 9.14. The van der Waals surface area contributed by atoms with Crippen molar-refractivity contribution in [3.63, 3.8) is 0 Å². The highest BCUT2D eigenvalue weighted by molar-refractivity contribution is 7.87. The molecule has 0 aliphatic carbocycles. The van der Waals surface area contributed by atoms with Crippen LogP contribution in [0.5, 0.6) is 5.75 Å². The number of amides is 1. The zero-order chi connectivity index (χ0) is 30.4. The number of hydrazine groups is 1. The van der Waals surface area contributed by atoms with Gasteiger partial charge in [0.2, 0.25) is 0 Å². The first-order valence-corrected chi connectivity index (χ1v) is 16.2. The molecule has 0 unspecified atom stereocenters. The van der Waals surface area contributed by atoms with E-state index < -0.39 is 20.5 Å². The molecule has 1 fully saturated rings. The topological polar surface area (TPSA) is 168 Å². The van der Waals surface area contributed by atoms with E-state index >= 15 is 0 Å². The molecule has 1 saturated heterocycles. The molecule has 0 atom stereocenters. The van der Waals surface area contributed by atoms with Crippen molar-refractivity contribution in [3.8, 4) is 22.7 Å². The Kier molecular flexibility index (Phi) is 11.2. The molecule has 1 aliphatic heterocycles. The van der Waals surface area contributed by atoms with Crippen LogP contribution in [0.2, 0.25) is 10.0 Å². The van der Waals surface area contributed by atoms with Crippen molar-refractivity contribution >= 4 is 49.6 Å². The third-order valence-electron chi connectivity index (χ3n) is 5.90. The summed E-state index contributed by atoms with van der Waals surface area (Å²) in [7, 11) is -8.32. The monoisotopic (exact) mass is 648 g/mol. The van der Waals surface area contributed by atoms with Gasteiger partial charge >= 0.3 is 20.5 Å². The molecule has 1 aromatic heterocycles. The van der Waals surface area contributed by atoms with E-state index in [1.165, 1.54) is 0 Å². The highest BCUT2D eigenvalue weighted by Gasteiger charge is 2.25. The average Bonchev–Trinajstić information content (AvgIpc) is 3.20. The number of rotatable bonds is 8. The van der Waals surface area contributed by atoms with Gasteiger partial charge in [0.25, 0.3) is 5.91 Å². The number of benzene rings is 2. The van der Waals surface area contributed by atoms with E-state index in [1.54, 1.807) is 54.1 Å². The minimum absolute atomic E-state index is 0.0643. The molecule has 3 aromatic rings. The smallest absolute Gasteiger partial charge is 0.382 e. The first-order chi connectivity index (χ1) is 19.2. The predicted octanol–water partition coefficient (Wildman–Crippen LogP) is 4.75. The zero-order valence-corrected chi connectivity index (χ0v) is 25.4. The molecular formula is C25H30Cl2N4O8S2. The Morgan fingerprint density at radius 2 is 1.63 bits per heavy atom. The fourth-order valence-corrected chi connectivity index (χ4v) is 5.66. The summed E-state index contributed by atoms with van der Waals surface area (Å²) >= 11 is 12.6. The Balaban J connectivity index is 0.000000850. The Hall–Kier alpha value is -2.72. The molecule has 1 aliphatic rings. The lowest BCUT2D eigenvalue weighted by Gasteiger charge is -2.26. The number of aromatic nitrogens is 2. The van der Waals surface area contributed by atoms with Crippen molar-refractivity contribution in [1.29, 1.82) is 0 Å². The summed E-state index contributed by atoms with van der Waals surface area (Å²) in [5.41, 5.74) is 5.81. The lowest BCUT2D eigenvalue weighted by molar-refractivity contribution is 0.0743. The van der Waals surface area contributed by atoms with Crippen LogP contribution in [0.4, 0.5) is 0 Å². The Bertz CT molecular complexity index is 1580. The lowest BCUT2D eigenvalue weighted by Crippen LogP contribution is -2.45. The molecule has 0 spiro atoms. The molecule has 2 heterocycles. The maximum absolute atomic E-state index is 13.2. The maximum Gasteiger partial charge on any atom is 0.394 e. The van der Waals surface area contributed by atoms with Crippen molar-refractivity contribution in [3.05, 3.63) is 63.8 Å². The van der Waals surface area contributed by atoms with Gasteiger partial charge in [0.1, 0.15) is 5.75 Å². The number of nitrogens with one attached hydrogen (secondary N) is 1. The fourth-order valence-electron chi connectivity index (χ4n) is 4.19. The van der Waals surface area contributed by atoms with Crippen LogP contribution in [-0.4, -0.2) is 65.5 Å². The van der Waals surface area contributed by atoms with Gasteiger partial charge in [-0.3, -0.25) is 19.3 Å². The number of hydrogen-bond donors (Lipinski definition) is 3. The van der Waals surface area contributed by atoms with E-state index in [2.05, 4.69) is 10.5 Å². The molecular weight excluding hydrogens is 619 g/mol. The number of halogens is 2. The second-order valence-corrected chi connectivity index (χ2v) is 12.6. The standard InChI is InChI=1S/C25H28Cl2N4O4S.H2O4S/c1-3-15-36(33,34)35-20-10-7-18(8-11-20)24-17(2)23(25(32)29-30-13-5-4-6-14-30)28-31(24)22-12-9-19(26)16-21(22)27;1-5(2,3)4/h7-12,16H,3-6,13-15H2,1-2H3,(H,29,32);(H2,1,2,3,4). The third kappa shape index (κ3) is 9.67. The predicted molar refractivity (Wildman–Crippen MR) is 156 cm³/mol. The summed E-state index contributed by atoms with van der Waals surface area (Å²) in [5.74, 6) is -0.154. The minimum Gasteiger partial charge on any atom is -0.382 e. The van der Waals surface area contributed by atoms with Gasteiger partial charge in [-0.15, -0.1) is 0 Å². The average molecular weight is 650 g/mol. The minimum atomic E-state index is -4.67. The van der Waals surface area contributed by atoms with E-state index in [0.717, 1.165) is 32.4 Å². The van der Waals surface area contributed by atoms with Crippen molar-refractivity contribution in [1.82, 2.24) is 20.2 Å². The first kappa shape index (κ1) is 32.8. The summed E-state index contributed by atoms with van der Waals surface area (Å²) in [6.45, 7) is 5.19. The SMILES string of the molecule is CCCS(=O)(=O)Oc1ccc(-c2c(C)c(C(=O)NN3CCCCC3)nn2-c2ccc(Cl)cc2Cl)cc1.O=S(=O)(O)O. The van der Waals surface area contributed by atoms with E-state index in [-0.39, 0.29) is 23.1 Å². The van der Waals surface area contributed by atoms with Crippen LogP contribution in [-0.2, 0) is 20.5 Å². The van der Waals surface area contributed by atoms with Crippen LogP contribution >= 0.6 is 23.2 Å². The molecule has 12 nitrogen and oxygen atoms in total. The maximum atomic E-state index is 13.2. The van der Waals surface area contributed by atoms with E-state index in [1.807, 2.05) is 11.9 Å². The van der Waals surface area contributed by atoms with Gasteiger partial charge in [0, 0.05) is 29.2 Å². The van der Waals surface area contributed by atoms with Gasteiger partial charge in [-0.25, -0.2) is 9.69 Å². The van der Waals surface area contributed by atoms with Crippen LogP contribution in [0.15, 0.2) is 42.5 Å². The molecule has 0 bridgehead atoms. The summed E-state index contributed by atoms with van der Waals surface area (Å²) in [5, 5.41) is 7.41. The zero-order valence-electron chi connectivity index (χ0n) is 22.2. The molecule has 3 N–H and O–H groups in total. The van der Waals surface area contributed by atoms with Crippen LogP contribution in [0.1, 0.15) is 48.7 Å². The fraction of sp³-hybridized carbons (Fsp3) is 0.360. The van der Waals surface area contributed by atoms with Gasteiger partial charge in [-0.1, -0.05) is 36.5 Å². The third-order valence-corrected chi connectivity index (χ3v) is 7.79. The van der Waals surface area contributed by atoms with Crippen LogP contribution < -0.4 is 9.61 Å². The van der Waals surface area contributed by atoms with Crippen molar-refractivity contribution in [2.45, 2.75) is 39.5 Å². The Labute approximate surface area is 248 Å². The van der Waals surface area contributed by atoms with E-state index in [4.69, 9.17) is 44.9 Å². The Morgan fingerprint density at radius 3 is 2.20 bits per heavy atom. The highest BCUT2D eigenvalue weighted by Crippen LogP contribution is 2.33. The number of hydrogen-bond acceptors (Lipinski definition) is 8. The van der Waals surface area contributed by atoms with Gasteiger partial charge < -0.3 is 4.18 Å². The molecule has 1 amide bonds. The van der Waals surface area contributed by atoms with Gasteiger partial charge in [-0.05, 0) is 68.7 Å². The molecule has 41 heavy (non-hydrogen) atoms. The summed E-state index contributed by atoms with van der Waals surface area (Å²) < 4.78 is 62.5. The number of nitrogens with zero attached hydrogens (tertiary/aromatic N) is 3. The Morgan fingerprint density at radius 1 is 1.02 bits per heavy atom. The molecule has 4 rings (SSSR count). The lowest BCUT2D eigenvalue weighted by atomic mass is 10.1. The van der Waals surface area contributed by atoms with Gasteiger partial charge in [0.15, 0.2) is 5.69 Å². The first-order valence-electron chi connectivity index (χ1n) is 12.5. The number of carbonyl (C=O) groups excluding carboxylic acids is 1. The van der Waals surface area contributed by atoms with Crippen LogP contribution in [0.25, 0.3) is 16.9 Å². The molecule has 224 valence electrons. The van der Waals surface area contributed by atoms with E-state index in [9.17, 15) is 13.2 Å². The van der Waals surface area contributed by atoms with Crippen molar-refractivity contribution in [2.24, 2.45) is 0 Å². The van der Waals surface area contributed by atoms with E-state index in [0.29, 0.717) is 39.0 Å². The normalized spacial score (nSPS) is 14.2. The van der Waals surface area contributed by atoms with Gasteiger partial charge in [0.05, 0.1) is 22.2 Å². The largest absolute Gasteiger partial charge is 0.394 e. The van der Waals surface area contributed by atoms with Gasteiger partial charge in [-0.2, -0.15) is 21.9 Å². The highest BCUT2D eigenvalue weighted by atomic mass is 35.5. The molecule has 0 radical (unpaired) electrons. The summed E-state index contributed by atoms with van der Waals surface area (Å²) in [4.78, 5) is 13.2. The number of carbonyl (C=O) groups is 1. The van der Waals surface area contributed by atoms with Crippen LogP contribution in [0, 0.1) is 6.92 Å². The second kappa shape index (κ2) is 14.0. The summed E-state index contributed by atoms with van der Waals surface area (Å²) in [6.07, 6.45) is 3.67. The molecule has 16 heteroatoms.